The molecule has 3 fully saturated rings. The Labute approximate surface area is 117 Å². The Morgan fingerprint density at radius 1 is 1.05 bits per heavy atom. The summed E-state index contributed by atoms with van der Waals surface area (Å²) in [6.45, 7) is 2.42. The molecule has 2 aliphatic carbocycles. The van der Waals surface area contributed by atoms with Crippen LogP contribution in [-0.4, -0.2) is 36.5 Å². The first-order valence-corrected chi connectivity index (χ1v) is 8.25. The minimum absolute atomic E-state index is 0.257. The van der Waals surface area contributed by atoms with Crippen LogP contribution in [0.25, 0.3) is 0 Å². The second-order valence-corrected chi connectivity index (χ2v) is 7.13. The fourth-order valence-electron chi connectivity index (χ4n) is 4.03. The molecular formula is C16H29NO2. The molecule has 0 aromatic rings. The number of rotatable bonds is 6. The monoisotopic (exact) mass is 267 g/mol. The highest BCUT2D eigenvalue weighted by atomic mass is 16.5. The normalized spacial score (nSPS) is 31.7. The number of ether oxygens (including phenoxy) is 1. The van der Waals surface area contributed by atoms with Gasteiger partial charge in [-0.15, -0.1) is 0 Å². The van der Waals surface area contributed by atoms with Crippen molar-refractivity contribution in [1.82, 2.24) is 5.32 Å². The number of hydrogen-bond donors (Lipinski definition) is 2. The SMILES string of the molecule is OCCC1(CNCC2CCC3(CCCCC3)O2)CC1. The molecule has 1 aliphatic heterocycles. The molecule has 1 saturated heterocycles. The summed E-state index contributed by atoms with van der Waals surface area (Å²) in [5, 5.41) is 12.7. The van der Waals surface area contributed by atoms with Crippen molar-refractivity contribution < 1.29 is 9.84 Å². The van der Waals surface area contributed by atoms with Crippen LogP contribution in [-0.2, 0) is 4.74 Å². The van der Waals surface area contributed by atoms with Gasteiger partial charge < -0.3 is 15.2 Å². The predicted octanol–water partition coefficient (Wildman–Crippen LogP) is 2.62. The van der Waals surface area contributed by atoms with E-state index in [1.54, 1.807) is 0 Å². The molecule has 1 heterocycles. The fourth-order valence-corrected chi connectivity index (χ4v) is 4.03. The van der Waals surface area contributed by atoms with Crippen LogP contribution in [0.5, 0.6) is 0 Å². The lowest BCUT2D eigenvalue weighted by molar-refractivity contribution is -0.0625. The molecule has 1 unspecified atom stereocenters. The van der Waals surface area contributed by atoms with E-state index < -0.39 is 0 Å². The summed E-state index contributed by atoms with van der Waals surface area (Å²) in [5.74, 6) is 0. The maximum Gasteiger partial charge on any atom is 0.0708 e. The molecule has 0 aromatic heterocycles. The largest absolute Gasteiger partial charge is 0.396 e. The molecule has 19 heavy (non-hydrogen) atoms. The van der Waals surface area contributed by atoms with E-state index in [9.17, 15) is 0 Å². The van der Waals surface area contributed by atoms with Crippen LogP contribution in [0.1, 0.15) is 64.2 Å². The minimum atomic E-state index is 0.257. The van der Waals surface area contributed by atoms with Crippen LogP contribution in [0.4, 0.5) is 0 Å². The van der Waals surface area contributed by atoms with Crippen molar-refractivity contribution in [2.75, 3.05) is 19.7 Å². The Balaban J connectivity index is 1.38. The van der Waals surface area contributed by atoms with Gasteiger partial charge in [-0.2, -0.15) is 0 Å². The van der Waals surface area contributed by atoms with Crippen LogP contribution in [0.2, 0.25) is 0 Å². The third-order valence-electron chi connectivity index (χ3n) is 5.57. The van der Waals surface area contributed by atoms with Gasteiger partial charge in [0.05, 0.1) is 11.7 Å². The maximum atomic E-state index is 9.07. The molecule has 1 spiro atoms. The van der Waals surface area contributed by atoms with E-state index >= 15 is 0 Å². The molecule has 0 amide bonds. The van der Waals surface area contributed by atoms with Crippen molar-refractivity contribution in [3.05, 3.63) is 0 Å². The summed E-state index contributed by atoms with van der Waals surface area (Å²) in [5.41, 5.74) is 0.683. The zero-order valence-corrected chi connectivity index (χ0v) is 12.1. The van der Waals surface area contributed by atoms with E-state index in [2.05, 4.69) is 5.32 Å². The van der Waals surface area contributed by atoms with Gasteiger partial charge in [0.25, 0.3) is 0 Å². The van der Waals surface area contributed by atoms with Crippen molar-refractivity contribution >= 4 is 0 Å². The second-order valence-electron chi connectivity index (χ2n) is 7.13. The van der Waals surface area contributed by atoms with Crippen molar-refractivity contribution in [3.63, 3.8) is 0 Å². The molecule has 3 heteroatoms. The highest BCUT2D eigenvalue weighted by Crippen LogP contribution is 2.48. The lowest BCUT2D eigenvalue weighted by Crippen LogP contribution is -2.36. The summed E-state index contributed by atoms with van der Waals surface area (Å²) >= 11 is 0. The molecule has 110 valence electrons. The molecule has 0 radical (unpaired) electrons. The smallest absolute Gasteiger partial charge is 0.0708 e. The van der Waals surface area contributed by atoms with Gasteiger partial charge in [0, 0.05) is 19.7 Å². The van der Waals surface area contributed by atoms with Crippen molar-refractivity contribution in [1.29, 1.82) is 0 Å². The van der Waals surface area contributed by atoms with Gasteiger partial charge >= 0.3 is 0 Å². The molecule has 3 rings (SSSR count). The Morgan fingerprint density at radius 2 is 1.84 bits per heavy atom. The van der Waals surface area contributed by atoms with Gasteiger partial charge in [0.1, 0.15) is 0 Å². The van der Waals surface area contributed by atoms with Crippen molar-refractivity contribution in [2.45, 2.75) is 75.9 Å². The second kappa shape index (κ2) is 5.71. The summed E-state index contributed by atoms with van der Waals surface area (Å²) < 4.78 is 6.37. The number of aliphatic hydroxyl groups excluding tert-OH is 1. The Hall–Kier alpha value is -0.120. The highest BCUT2D eigenvalue weighted by molar-refractivity contribution is 4.96. The third kappa shape index (κ3) is 3.32. The van der Waals surface area contributed by atoms with E-state index in [1.165, 1.54) is 57.8 Å². The van der Waals surface area contributed by atoms with Crippen LogP contribution in [0.15, 0.2) is 0 Å². The first kappa shape index (κ1) is 13.8. The summed E-state index contributed by atoms with van der Waals surface area (Å²) in [4.78, 5) is 0. The van der Waals surface area contributed by atoms with Crippen LogP contribution < -0.4 is 5.32 Å². The molecule has 2 saturated carbocycles. The van der Waals surface area contributed by atoms with E-state index in [4.69, 9.17) is 9.84 Å². The van der Waals surface area contributed by atoms with Crippen molar-refractivity contribution in [3.8, 4) is 0 Å². The van der Waals surface area contributed by atoms with Crippen LogP contribution in [0.3, 0.4) is 0 Å². The zero-order chi connectivity index (χ0) is 13.2. The molecule has 3 aliphatic rings. The maximum absolute atomic E-state index is 9.07. The standard InChI is InChI=1S/C16H29NO2/c18-11-10-15(8-9-15)13-17-12-14-4-7-16(19-14)5-2-1-3-6-16/h14,17-18H,1-13H2. The van der Waals surface area contributed by atoms with E-state index in [1.807, 2.05) is 0 Å². The van der Waals surface area contributed by atoms with Crippen molar-refractivity contribution in [2.24, 2.45) is 5.41 Å². The molecule has 0 bridgehead atoms. The molecular weight excluding hydrogens is 238 g/mol. The molecule has 2 N–H and O–H groups in total. The van der Waals surface area contributed by atoms with Crippen LogP contribution >= 0.6 is 0 Å². The van der Waals surface area contributed by atoms with Crippen LogP contribution in [0, 0.1) is 5.41 Å². The summed E-state index contributed by atoms with van der Waals surface area (Å²) in [6, 6.07) is 0. The lowest BCUT2D eigenvalue weighted by Gasteiger charge is -2.33. The van der Waals surface area contributed by atoms with Gasteiger partial charge in [-0.25, -0.2) is 0 Å². The first-order valence-electron chi connectivity index (χ1n) is 8.25. The van der Waals surface area contributed by atoms with E-state index in [0.717, 1.165) is 19.5 Å². The van der Waals surface area contributed by atoms with Gasteiger partial charge in [-0.1, -0.05) is 19.3 Å². The third-order valence-corrected chi connectivity index (χ3v) is 5.57. The summed E-state index contributed by atoms with van der Waals surface area (Å²) in [7, 11) is 0. The van der Waals surface area contributed by atoms with E-state index in [-0.39, 0.29) is 5.60 Å². The van der Waals surface area contributed by atoms with Gasteiger partial charge in [0.15, 0.2) is 0 Å². The number of aliphatic hydroxyl groups is 1. The Kier molecular flexibility index (Phi) is 4.16. The molecule has 0 aromatic carbocycles. The first-order chi connectivity index (χ1) is 9.26. The number of nitrogens with one attached hydrogen (secondary N) is 1. The lowest BCUT2D eigenvalue weighted by atomic mass is 9.83. The Bertz CT molecular complexity index is 295. The summed E-state index contributed by atoms with van der Waals surface area (Å²) in [6.07, 6.45) is 13.2. The minimum Gasteiger partial charge on any atom is -0.396 e. The van der Waals surface area contributed by atoms with E-state index in [0.29, 0.717) is 18.1 Å². The molecule has 3 nitrogen and oxygen atoms in total. The Morgan fingerprint density at radius 3 is 2.53 bits per heavy atom. The average Bonchev–Trinajstić information content (AvgIpc) is 3.07. The average molecular weight is 267 g/mol. The van der Waals surface area contributed by atoms with Gasteiger partial charge in [-0.3, -0.25) is 0 Å². The number of hydrogen-bond acceptors (Lipinski definition) is 3. The fraction of sp³-hybridized carbons (Fsp3) is 1.00. The quantitative estimate of drug-likeness (QED) is 0.777. The zero-order valence-electron chi connectivity index (χ0n) is 12.1. The molecule has 1 atom stereocenters. The highest BCUT2D eigenvalue weighted by Gasteiger charge is 2.43. The predicted molar refractivity (Wildman–Crippen MR) is 76.2 cm³/mol. The van der Waals surface area contributed by atoms with Gasteiger partial charge in [-0.05, 0) is 50.4 Å². The van der Waals surface area contributed by atoms with Gasteiger partial charge in [0.2, 0.25) is 0 Å². The topological polar surface area (TPSA) is 41.5 Å².